The molecule has 3 nitrogen and oxygen atoms in total. The average molecular weight is 270 g/mol. The Morgan fingerprint density at radius 1 is 0.850 bits per heavy atom. The predicted octanol–water partition coefficient (Wildman–Crippen LogP) is 4.02. The summed E-state index contributed by atoms with van der Waals surface area (Å²) in [6.07, 6.45) is 1.82. The van der Waals surface area contributed by atoms with Crippen molar-refractivity contribution in [3.63, 3.8) is 0 Å². The highest BCUT2D eigenvalue weighted by Gasteiger charge is 2.09. The van der Waals surface area contributed by atoms with Crippen molar-refractivity contribution >= 4 is 6.08 Å². The molecule has 0 aromatic heterocycles. The van der Waals surface area contributed by atoms with Crippen molar-refractivity contribution in [2.75, 3.05) is 21.3 Å². The maximum atomic E-state index is 5.35. The summed E-state index contributed by atoms with van der Waals surface area (Å²) in [6.45, 7) is 3.85. The zero-order valence-corrected chi connectivity index (χ0v) is 12.0. The number of benzene rings is 2. The highest BCUT2D eigenvalue weighted by molar-refractivity contribution is 5.77. The van der Waals surface area contributed by atoms with Gasteiger partial charge in [-0.3, -0.25) is 0 Å². The molecule has 0 atom stereocenters. The van der Waals surface area contributed by atoms with E-state index in [0.29, 0.717) is 11.5 Å². The summed E-state index contributed by atoms with van der Waals surface area (Å²) in [6, 6.07) is 11.7. The lowest BCUT2D eigenvalue weighted by Gasteiger charge is -2.12. The standard InChI is InChI=1S/C17H18O3/c1-5-12-6-8-14(18-2)11-15(12)13-7-9-16(19-3)17(10-13)20-4/h5-11H,1H2,2-4H3. The first-order valence-electron chi connectivity index (χ1n) is 6.26. The molecule has 0 bridgehead atoms. The van der Waals surface area contributed by atoms with E-state index >= 15 is 0 Å². The van der Waals surface area contributed by atoms with E-state index in [1.165, 1.54) is 0 Å². The smallest absolute Gasteiger partial charge is 0.161 e. The Morgan fingerprint density at radius 3 is 2.20 bits per heavy atom. The summed E-state index contributed by atoms with van der Waals surface area (Å²) in [7, 11) is 4.90. The van der Waals surface area contributed by atoms with E-state index in [4.69, 9.17) is 14.2 Å². The lowest BCUT2D eigenvalue weighted by atomic mass is 9.99. The van der Waals surface area contributed by atoms with Crippen LogP contribution < -0.4 is 14.2 Å². The van der Waals surface area contributed by atoms with E-state index in [9.17, 15) is 0 Å². The Hall–Kier alpha value is -2.42. The lowest BCUT2D eigenvalue weighted by Crippen LogP contribution is -1.92. The molecule has 0 saturated carbocycles. The quantitative estimate of drug-likeness (QED) is 0.821. The molecule has 0 N–H and O–H groups in total. The van der Waals surface area contributed by atoms with E-state index in [1.54, 1.807) is 21.3 Å². The molecular weight excluding hydrogens is 252 g/mol. The molecule has 2 aromatic carbocycles. The largest absolute Gasteiger partial charge is 0.497 e. The van der Waals surface area contributed by atoms with Crippen molar-refractivity contribution in [1.82, 2.24) is 0 Å². The predicted molar refractivity (Wildman–Crippen MR) is 81.6 cm³/mol. The number of hydrogen-bond donors (Lipinski definition) is 0. The summed E-state index contributed by atoms with van der Waals surface area (Å²) >= 11 is 0. The molecule has 20 heavy (non-hydrogen) atoms. The van der Waals surface area contributed by atoms with Crippen LogP contribution in [0.3, 0.4) is 0 Å². The van der Waals surface area contributed by atoms with Gasteiger partial charge < -0.3 is 14.2 Å². The maximum absolute atomic E-state index is 5.35. The molecule has 2 aromatic rings. The number of ether oxygens (including phenoxy) is 3. The van der Waals surface area contributed by atoms with Gasteiger partial charge in [0.25, 0.3) is 0 Å². The Bertz CT molecular complexity index is 618. The fourth-order valence-corrected chi connectivity index (χ4v) is 2.09. The third-order valence-corrected chi connectivity index (χ3v) is 3.17. The Kier molecular flexibility index (Phi) is 4.31. The van der Waals surface area contributed by atoms with Crippen molar-refractivity contribution in [2.24, 2.45) is 0 Å². The van der Waals surface area contributed by atoms with E-state index in [2.05, 4.69) is 6.58 Å². The van der Waals surface area contributed by atoms with Gasteiger partial charge in [-0.05, 0) is 41.0 Å². The minimum atomic E-state index is 0.697. The van der Waals surface area contributed by atoms with Crippen LogP contribution >= 0.6 is 0 Å². The van der Waals surface area contributed by atoms with Crippen LogP contribution in [0, 0.1) is 0 Å². The van der Waals surface area contributed by atoms with Gasteiger partial charge in [0, 0.05) is 0 Å². The maximum Gasteiger partial charge on any atom is 0.161 e. The molecule has 104 valence electrons. The monoisotopic (exact) mass is 270 g/mol. The second-order valence-corrected chi connectivity index (χ2v) is 4.23. The van der Waals surface area contributed by atoms with Gasteiger partial charge >= 0.3 is 0 Å². The third kappa shape index (κ3) is 2.62. The fourth-order valence-electron chi connectivity index (χ4n) is 2.09. The highest BCUT2D eigenvalue weighted by Crippen LogP contribution is 2.35. The topological polar surface area (TPSA) is 27.7 Å². The molecule has 0 aliphatic carbocycles. The number of hydrogen-bond acceptors (Lipinski definition) is 3. The molecule has 0 fully saturated rings. The summed E-state index contributed by atoms with van der Waals surface area (Å²) in [5, 5.41) is 0. The first-order valence-corrected chi connectivity index (χ1v) is 6.26. The molecule has 0 aliphatic heterocycles. The van der Waals surface area contributed by atoms with Gasteiger partial charge in [0.15, 0.2) is 11.5 Å². The summed E-state index contributed by atoms with van der Waals surface area (Å²) in [5.74, 6) is 2.21. The van der Waals surface area contributed by atoms with Crippen LogP contribution in [0.15, 0.2) is 43.0 Å². The van der Waals surface area contributed by atoms with Gasteiger partial charge in [0.2, 0.25) is 0 Å². The molecule has 2 rings (SSSR count). The molecule has 0 heterocycles. The minimum absolute atomic E-state index is 0.697. The summed E-state index contributed by atoms with van der Waals surface area (Å²) in [4.78, 5) is 0. The Balaban J connectivity index is 2.57. The Morgan fingerprint density at radius 2 is 1.60 bits per heavy atom. The van der Waals surface area contributed by atoms with Crippen molar-refractivity contribution in [2.45, 2.75) is 0 Å². The van der Waals surface area contributed by atoms with Crippen LogP contribution in [-0.4, -0.2) is 21.3 Å². The molecule has 0 amide bonds. The van der Waals surface area contributed by atoms with Crippen molar-refractivity contribution in [3.8, 4) is 28.4 Å². The van der Waals surface area contributed by atoms with Crippen LogP contribution in [0.4, 0.5) is 0 Å². The normalized spacial score (nSPS) is 9.95. The summed E-state index contributed by atoms with van der Waals surface area (Å²) in [5.41, 5.74) is 3.11. The van der Waals surface area contributed by atoms with Crippen LogP contribution in [-0.2, 0) is 0 Å². The van der Waals surface area contributed by atoms with E-state index in [-0.39, 0.29) is 0 Å². The van der Waals surface area contributed by atoms with Crippen LogP contribution in [0.25, 0.3) is 17.2 Å². The van der Waals surface area contributed by atoms with Crippen LogP contribution in [0.5, 0.6) is 17.2 Å². The molecule has 0 unspecified atom stereocenters. The molecule has 0 saturated heterocycles. The van der Waals surface area contributed by atoms with Gasteiger partial charge in [-0.1, -0.05) is 24.8 Å². The first kappa shape index (κ1) is 14.0. The zero-order chi connectivity index (χ0) is 14.5. The van der Waals surface area contributed by atoms with Gasteiger partial charge in [-0.25, -0.2) is 0 Å². The SMILES string of the molecule is C=Cc1ccc(OC)cc1-c1ccc(OC)c(OC)c1. The lowest BCUT2D eigenvalue weighted by molar-refractivity contribution is 0.355. The van der Waals surface area contributed by atoms with Crippen LogP contribution in [0.1, 0.15) is 5.56 Å². The van der Waals surface area contributed by atoms with Gasteiger partial charge in [0.1, 0.15) is 5.75 Å². The van der Waals surface area contributed by atoms with Gasteiger partial charge in [-0.15, -0.1) is 0 Å². The van der Waals surface area contributed by atoms with Gasteiger partial charge in [-0.2, -0.15) is 0 Å². The first-order chi connectivity index (χ1) is 9.73. The zero-order valence-electron chi connectivity index (χ0n) is 12.0. The highest BCUT2D eigenvalue weighted by atomic mass is 16.5. The number of rotatable bonds is 5. The van der Waals surface area contributed by atoms with E-state index in [0.717, 1.165) is 22.4 Å². The van der Waals surface area contributed by atoms with Gasteiger partial charge in [0.05, 0.1) is 21.3 Å². The third-order valence-electron chi connectivity index (χ3n) is 3.17. The molecular formula is C17H18O3. The van der Waals surface area contributed by atoms with Crippen molar-refractivity contribution < 1.29 is 14.2 Å². The van der Waals surface area contributed by atoms with Crippen molar-refractivity contribution in [1.29, 1.82) is 0 Å². The fraction of sp³-hybridized carbons (Fsp3) is 0.176. The van der Waals surface area contributed by atoms with E-state index < -0.39 is 0 Å². The van der Waals surface area contributed by atoms with Crippen LogP contribution in [0.2, 0.25) is 0 Å². The minimum Gasteiger partial charge on any atom is -0.497 e. The molecule has 0 spiro atoms. The second-order valence-electron chi connectivity index (χ2n) is 4.23. The van der Waals surface area contributed by atoms with E-state index in [1.807, 2.05) is 42.5 Å². The van der Waals surface area contributed by atoms with Crippen molar-refractivity contribution in [3.05, 3.63) is 48.5 Å². The molecule has 0 aliphatic rings. The number of methoxy groups -OCH3 is 3. The molecule has 0 radical (unpaired) electrons. The Labute approximate surface area is 119 Å². The second kappa shape index (κ2) is 6.15. The molecule has 3 heteroatoms. The average Bonchev–Trinajstić information content (AvgIpc) is 2.53. The summed E-state index contributed by atoms with van der Waals surface area (Å²) < 4.78 is 15.9.